The van der Waals surface area contributed by atoms with E-state index in [0.717, 1.165) is 24.2 Å². The van der Waals surface area contributed by atoms with Crippen molar-refractivity contribution in [3.63, 3.8) is 0 Å². The summed E-state index contributed by atoms with van der Waals surface area (Å²) in [4.78, 5) is 17.1. The Hall–Kier alpha value is -2.76. The summed E-state index contributed by atoms with van der Waals surface area (Å²) in [6.45, 7) is 0.583. The van der Waals surface area contributed by atoms with E-state index in [1.165, 1.54) is 4.31 Å². The number of methoxy groups -OCH3 is 1. The van der Waals surface area contributed by atoms with E-state index < -0.39 is 10.0 Å². The number of hydrogen-bond donors (Lipinski definition) is 1. The maximum absolute atomic E-state index is 13.2. The summed E-state index contributed by atoms with van der Waals surface area (Å²) in [5.74, 6) is 1.69. The van der Waals surface area contributed by atoms with Crippen LogP contribution in [-0.4, -0.2) is 49.0 Å². The van der Waals surface area contributed by atoms with Gasteiger partial charge in [-0.25, -0.2) is 8.42 Å². The highest BCUT2D eigenvalue weighted by Gasteiger charge is 2.34. The number of carbonyl (C=O) groups excluding carboxylic acids is 1. The highest BCUT2D eigenvalue weighted by atomic mass is 32.2. The van der Waals surface area contributed by atoms with Crippen LogP contribution in [0.15, 0.2) is 44.4 Å². The largest absolute Gasteiger partial charge is 0.497 e. The molecule has 2 aliphatic rings. The lowest BCUT2D eigenvalue weighted by atomic mass is 9.97. The molecular formula is C22H24N4O5S2. The van der Waals surface area contributed by atoms with Crippen molar-refractivity contribution in [2.75, 3.05) is 25.5 Å². The maximum atomic E-state index is 13.2. The standard InChI is InChI=1S/C22H24N4O5S2/c1-30-18-4-2-3-17(12-18)23-21(27)14-7-9-26(10-8-14)33(28,29)19-11-16(13-32-19)20-24-22(31-25-20)15-5-6-15/h2-4,11-15H,5-10H2,1H3,(H,23,27). The summed E-state index contributed by atoms with van der Waals surface area (Å²) < 4.78 is 38.5. The predicted molar refractivity (Wildman–Crippen MR) is 123 cm³/mol. The average Bonchev–Trinajstić information content (AvgIpc) is 3.34. The molecule has 11 heteroatoms. The van der Waals surface area contributed by atoms with Gasteiger partial charge in [-0.15, -0.1) is 11.3 Å². The Bertz CT molecular complexity index is 1260. The van der Waals surface area contributed by atoms with Crippen LogP contribution in [0.5, 0.6) is 5.75 Å². The Morgan fingerprint density at radius 1 is 1.21 bits per heavy atom. The molecule has 3 aromatic rings. The molecule has 0 radical (unpaired) electrons. The molecule has 33 heavy (non-hydrogen) atoms. The van der Waals surface area contributed by atoms with Crippen molar-refractivity contribution in [3.05, 3.63) is 41.6 Å². The molecule has 1 aliphatic carbocycles. The third-order valence-corrected chi connectivity index (χ3v) is 9.27. The molecule has 0 spiro atoms. The van der Waals surface area contributed by atoms with E-state index in [9.17, 15) is 13.2 Å². The van der Waals surface area contributed by atoms with Gasteiger partial charge >= 0.3 is 0 Å². The Labute approximate surface area is 195 Å². The van der Waals surface area contributed by atoms with Crippen LogP contribution in [-0.2, 0) is 14.8 Å². The molecule has 2 aromatic heterocycles. The molecule has 0 bridgehead atoms. The lowest BCUT2D eigenvalue weighted by Gasteiger charge is -2.30. The molecule has 1 amide bonds. The third kappa shape index (κ3) is 4.66. The molecule has 3 heterocycles. The fraction of sp³-hybridized carbons (Fsp3) is 0.409. The van der Waals surface area contributed by atoms with Crippen molar-refractivity contribution < 1.29 is 22.5 Å². The molecule has 1 aromatic carbocycles. The first-order valence-corrected chi connectivity index (χ1v) is 13.1. The van der Waals surface area contributed by atoms with Crippen molar-refractivity contribution >= 4 is 33.0 Å². The van der Waals surface area contributed by atoms with Gasteiger partial charge in [0, 0.05) is 47.6 Å². The molecule has 1 saturated heterocycles. The minimum Gasteiger partial charge on any atom is -0.497 e. The predicted octanol–water partition coefficient (Wildman–Crippen LogP) is 3.72. The molecule has 9 nitrogen and oxygen atoms in total. The van der Waals surface area contributed by atoms with Gasteiger partial charge in [0.05, 0.1) is 7.11 Å². The number of nitrogens with zero attached hydrogens (tertiary/aromatic N) is 3. The van der Waals surface area contributed by atoms with E-state index in [1.807, 2.05) is 0 Å². The summed E-state index contributed by atoms with van der Waals surface area (Å²) in [7, 11) is -2.08. The van der Waals surface area contributed by atoms with Gasteiger partial charge in [-0.3, -0.25) is 4.79 Å². The van der Waals surface area contributed by atoms with Crippen LogP contribution in [0, 0.1) is 5.92 Å². The van der Waals surface area contributed by atoms with Gasteiger partial charge in [0.2, 0.25) is 17.6 Å². The summed E-state index contributed by atoms with van der Waals surface area (Å²) in [5.41, 5.74) is 1.30. The molecule has 1 aliphatic heterocycles. The summed E-state index contributed by atoms with van der Waals surface area (Å²) in [5, 5.41) is 8.63. The van der Waals surface area contributed by atoms with Crippen LogP contribution >= 0.6 is 11.3 Å². The number of ether oxygens (including phenoxy) is 1. The van der Waals surface area contributed by atoms with E-state index >= 15 is 0 Å². The SMILES string of the molecule is COc1cccc(NC(=O)C2CCN(S(=O)(=O)c3cc(-c4noc(C5CC5)n4)cs3)CC2)c1. The second kappa shape index (κ2) is 8.88. The monoisotopic (exact) mass is 488 g/mol. The number of sulfonamides is 1. The van der Waals surface area contributed by atoms with Crippen LogP contribution in [0.3, 0.4) is 0 Å². The van der Waals surface area contributed by atoms with E-state index in [-0.39, 0.29) is 16.0 Å². The van der Waals surface area contributed by atoms with Gasteiger partial charge in [0.25, 0.3) is 10.0 Å². The van der Waals surface area contributed by atoms with E-state index in [0.29, 0.717) is 60.6 Å². The normalized spacial score (nSPS) is 17.7. The minimum atomic E-state index is -3.65. The minimum absolute atomic E-state index is 0.109. The quantitative estimate of drug-likeness (QED) is 0.539. The van der Waals surface area contributed by atoms with Crippen molar-refractivity contribution in [1.29, 1.82) is 0 Å². The summed E-state index contributed by atoms with van der Waals surface area (Å²) in [6.07, 6.45) is 3.03. The van der Waals surface area contributed by atoms with Gasteiger partial charge in [-0.05, 0) is 43.9 Å². The average molecular weight is 489 g/mol. The lowest BCUT2D eigenvalue weighted by Crippen LogP contribution is -2.41. The molecule has 2 fully saturated rings. The molecule has 1 saturated carbocycles. The van der Waals surface area contributed by atoms with Crippen LogP contribution in [0.1, 0.15) is 37.5 Å². The number of piperidine rings is 1. The molecular weight excluding hydrogens is 464 g/mol. The van der Waals surface area contributed by atoms with Gasteiger partial charge in [0.1, 0.15) is 9.96 Å². The molecule has 5 rings (SSSR count). The third-order valence-electron chi connectivity index (χ3n) is 5.96. The number of amides is 1. The highest BCUT2D eigenvalue weighted by Crippen LogP contribution is 2.40. The Morgan fingerprint density at radius 3 is 2.73 bits per heavy atom. The molecule has 1 N–H and O–H groups in total. The first kappa shape index (κ1) is 22.1. The zero-order valence-electron chi connectivity index (χ0n) is 18.1. The molecule has 0 atom stereocenters. The number of thiophene rings is 1. The smallest absolute Gasteiger partial charge is 0.252 e. The van der Waals surface area contributed by atoms with Crippen molar-refractivity contribution in [2.24, 2.45) is 5.92 Å². The van der Waals surface area contributed by atoms with Gasteiger partial charge < -0.3 is 14.6 Å². The number of anilines is 1. The van der Waals surface area contributed by atoms with Crippen LogP contribution < -0.4 is 10.1 Å². The van der Waals surface area contributed by atoms with E-state index in [2.05, 4.69) is 15.5 Å². The number of carbonyl (C=O) groups is 1. The second-order valence-corrected chi connectivity index (χ2v) is 11.4. The van der Waals surface area contributed by atoms with Gasteiger partial charge in [0.15, 0.2) is 0 Å². The first-order valence-electron chi connectivity index (χ1n) is 10.8. The number of aromatic nitrogens is 2. The zero-order valence-corrected chi connectivity index (χ0v) is 19.7. The fourth-order valence-corrected chi connectivity index (χ4v) is 6.63. The Morgan fingerprint density at radius 2 is 2.00 bits per heavy atom. The highest BCUT2D eigenvalue weighted by molar-refractivity contribution is 7.91. The van der Waals surface area contributed by atoms with Gasteiger partial charge in [-0.1, -0.05) is 11.2 Å². The Kier molecular flexibility index (Phi) is 5.94. The number of rotatable bonds is 7. The second-order valence-electron chi connectivity index (χ2n) is 8.28. The van der Waals surface area contributed by atoms with Crippen molar-refractivity contribution in [2.45, 2.75) is 35.8 Å². The maximum Gasteiger partial charge on any atom is 0.252 e. The van der Waals surface area contributed by atoms with Gasteiger partial charge in [-0.2, -0.15) is 9.29 Å². The molecule has 174 valence electrons. The summed E-state index contributed by atoms with van der Waals surface area (Å²) >= 11 is 1.15. The van der Waals surface area contributed by atoms with Crippen molar-refractivity contribution in [1.82, 2.24) is 14.4 Å². The van der Waals surface area contributed by atoms with Crippen LogP contribution in [0.4, 0.5) is 5.69 Å². The van der Waals surface area contributed by atoms with E-state index in [4.69, 9.17) is 9.26 Å². The topological polar surface area (TPSA) is 115 Å². The van der Waals surface area contributed by atoms with E-state index in [1.54, 1.807) is 42.8 Å². The van der Waals surface area contributed by atoms with Crippen molar-refractivity contribution in [3.8, 4) is 17.1 Å². The molecule has 0 unspecified atom stereocenters. The van der Waals surface area contributed by atoms with Crippen LogP contribution in [0.2, 0.25) is 0 Å². The number of nitrogens with one attached hydrogen (secondary N) is 1. The zero-order chi connectivity index (χ0) is 23.0. The van der Waals surface area contributed by atoms with Crippen LogP contribution in [0.25, 0.3) is 11.4 Å². The Balaban J connectivity index is 1.21. The summed E-state index contributed by atoms with van der Waals surface area (Å²) in [6, 6.07) is 8.76. The lowest BCUT2D eigenvalue weighted by molar-refractivity contribution is -0.120. The number of hydrogen-bond acceptors (Lipinski definition) is 8. The fourth-order valence-electron chi connectivity index (χ4n) is 3.85. The first-order chi connectivity index (χ1) is 15.9. The number of benzene rings is 1.